The third-order valence-electron chi connectivity index (χ3n) is 4.12. The van der Waals surface area contributed by atoms with Crippen LogP contribution in [-0.2, 0) is 12.8 Å². The number of thiophene rings is 2. The zero-order valence-corrected chi connectivity index (χ0v) is 15.8. The van der Waals surface area contributed by atoms with Gasteiger partial charge in [-0.15, -0.1) is 22.7 Å². The van der Waals surface area contributed by atoms with Crippen molar-refractivity contribution < 1.29 is 0 Å². The van der Waals surface area contributed by atoms with E-state index in [-0.39, 0.29) is 0 Å². The largest absolute Gasteiger partial charge is 0.139 e. The Morgan fingerprint density at radius 3 is 1.45 bits per heavy atom. The van der Waals surface area contributed by atoms with Crippen molar-refractivity contribution in [1.29, 1.82) is 0 Å². The molecule has 0 aliphatic rings. The van der Waals surface area contributed by atoms with Gasteiger partial charge in [0.15, 0.2) is 0 Å². The molecule has 122 valence electrons. The molecule has 0 bridgehead atoms. The summed E-state index contributed by atoms with van der Waals surface area (Å²) in [5, 5.41) is 0. The van der Waals surface area contributed by atoms with Gasteiger partial charge in [-0.1, -0.05) is 52.4 Å². The number of rotatable bonds is 11. The second kappa shape index (κ2) is 10.2. The number of aryl methyl sites for hydroxylation is 2. The van der Waals surface area contributed by atoms with Crippen LogP contribution in [0.3, 0.4) is 0 Å². The summed E-state index contributed by atoms with van der Waals surface area (Å²) < 4.78 is 0. The van der Waals surface area contributed by atoms with Crippen LogP contribution in [0.25, 0.3) is 9.75 Å². The summed E-state index contributed by atoms with van der Waals surface area (Å²) in [5.41, 5.74) is 0. The SMILES string of the molecule is CCCCCCc1ccc(-c2ccc(CCCCCC)s2)s1. The summed E-state index contributed by atoms with van der Waals surface area (Å²) in [6.07, 6.45) is 13.4. The molecule has 0 aromatic carbocycles. The third-order valence-corrected chi connectivity index (χ3v) is 6.61. The van der Waals surface area contributed by atoms with Gasteiger partial charge in [-0.25, -0.2) is 0 Å². The molecule has 0 aliphatic carbocycles. The van der Waals surface area contributed by atoms with Crippen LogP contribution in [-0.4, -0.2) is 0 Å². The van der Waals surface area contributed by atoms with Gasteiger partial charge in [-0.2, -0.15) is 0 Å². The lowest BCUT2D eigenvalue weighted by molar-refractivity contribution is 0.670. The van der Waals surface area contributed by atoms with Gasteiger partial charge >= 0.3 is 0 Å². The van der Waals surface area contributed by atoms with Gasteiger partial charge in [0.05, 0.1) is 0 Å². The number of hydrogen-bond acceptors (Lipinski definition) is 2. The van der Waals surface area contributed by atoms with Crippen molar-refractivity contribution in [1.82, 2.24) is 0 Å². The molecule has 0 spiro atoms. The van der Waals surface area contributed by atoms with Crippen molar-refractivity contribution in [3.8, 4) is 9.75 Å². The van der Waals surface area contributed by atoms with Crippen molar-refractivity contribution in [2.24, 2.45) is 0 Å². The molecule has 0 saturated carbocycles. The van der Waals surface area contributed by atoms with E-state index >= 15 is 0 Å². The van der Waals surface area contributed by atoms with Crippen molar-refractivity contribution in [3.05, 3.63) is 34.0 Å². The van der Waals surface area contributed by atoms with E-state index in [4.69, 9.17) is 0 Å². The molecule has 0 nitrogen and oxygen atoms in total. The highest BCUT2D eigenvalue weighted by molar-refractivity contribution is 7.22. The molecule has 0 amide bonds. The molecule has 2 heteroatoms. The van der Waals surface area contributed by atoms with Crippen LogP contribution in [0.15, 0.2) is 24.3 Å². The van der Waals surface area contributed by atoms with E-state index in [0.29, 0.717) is 0 Å². The lowest BCUT2D eigenvalue weighted by Gasteiger charge is -1.97. The molecule has 2 aromatic heterocycles. The Hall–Kier alpha value is -0.600. The van der Waals surface area contributed by atoms with E-state index in [1.165, 1.54) is 74.0 Å². The predicted octanol–water partition coefficient (Wildman–Crippen LogP) is 7.72. The average Bonchev–Trinajstić information content (AvgIpc) is 3.17. The van der Waals surface area contributed by atoms with Crippen molar-refractivity contribution in [2.75, 3.05) is 0 Å². The van der Waals surface area contributed by atoms with Crippen LogP contribution in [0.4, 0.5) is 0 Å². The van der Waals surface area contributed by atoms with Crippen molar-refractivity contribution >= 4 is 22.7 Å². The average molecular weight is 335 g/mol. The van der Waals surface area contributed by atoms with Gasteiger partial charge in [-0.05, 0) is 49.9 Å². The molecule has 2 rings (SSSR count). The molecular formula is C20H30S2. The molecular weight excluding hydrogens is 304 g/mol. The number of hydrogen-bond donors (Lipinski definition) is 0. The lowest BCUT2D eigenvalue weighted by Crippen LogP contribution is -1.80. The first kappa shape index (κ1) is 17.7. The Balaban J connectivity index is 1.81. The minimum Gasteiger partial charge on any atom is -0.139 e. The number of unbranched alkanes of at least 4 members (excludes halogenated alkanes) is 6. The van der Waals surface area contributed by atoms with Crippen molar-refractivity contribution in [2.45, 2.75) is 78.1 Å². The lowest BCUT2D eigenvalue weighted by atomic mass is 10.1. The van der Waals surface area contributed by atoms with E-state index in [1.54, 1.807) is 9.75 Å². The van der Waals surface area contributed by atoms with E-state index in [1.807, 2.05) is 22.7 Å². The minimum absolute atomic E-state index is 1.26. The summed E-state index contributed by atoms with van der Waals surface area (Å²) in [6, 6.07) is 9.33. The van der Waals surface area contributed by atoms with Crippen LogP contribution in [0.2, 0.25) is 0 Å². The molecule has 2 aromatic rings. The van der Waals surface area contributed by atoms with Crippen LogP contribution in [0.5, 0.6) is 0 Å². The minimum atomic E-state index is 1.26. The Bertz CT molecular complexity index is 473. The Kier molecular flexibility index (Phi) is 8.25. The molecule has 0 saturated heterocycles. The van der Waals surface area contributed by atoms with Gasteiger partial charge < -0.3 is 0 Å². The predicted molar refractivity (Wildman–Crippen MR) is 103 cm³/mol. The standard InChI is InChI=1S/C20H30S2/c1-3-5-7-9-11-17-13-15-19(21-17)20-16-14-18(22-20)12-10-8-6-4-2/h13-16H,3-12H2,1-2H3. The quantitative estimate of drug-likeness (QED) is 0.369. The maximum Gasteiger partial charge on any atom is 0.0445 e. The molecule has 0 fully saturated rings. The maximum atomic E-state index is 2.34. The fourth-order valence-electron chi connectivity index (χ4n) is 2.74. The van der Waals surface area contributed by atoms with Gasteiger partial charge in [0, 0.05) is 19.5 Å². The highest BCUT2D eigenvalue weighted by Crippen LogP contribution is 2.34. The third kappa shape index (κ3) is 5.89. The fraction of sp³-hybridized carbons (Fsp3) is 0.600. The summed E-state index contributed by atoms with van der Waals surface area (Å²) >= 11 is 4.00. The van der Waals surface area contributed by atoms with E-state index in [2.05, 4.69) is 38.1 Å². The molecule has 22 heavy (non-hydrogen) atoms. The first-order valence-corrected chi connectivity index (χ1v) is 10.6. The first-order chi connectivity index (χ1) is 10.8. The topological polar surface area (TPSA) is 0 Å². The van der Waals surface area contributed by atoms with Gasteiger partial charge in [0.25, 0.3) is 0 Å². The maximum absolute atomic E-state index is 2.34. The van der Waals surface area contributed by atoms with E-state index in [0.717, 1.165) is 0 Å². The normalized spacial score (nSPS) is 11.2. The zero-order valence-electron chi connectivity index (χ0n) is 14.2. The highest BCUT2D eigenvalue weighted by atomic mass is 32.1. The monoisotopic (exact) mass is 334 g/mol. The van der Waals surface area contributed by atoms with Crippen LogP contribution < -0.4 is 0 Å². The van der Waals surface area contributed by atoms with Gasteiger partial charge in [0.1, 0.15) is 0 Å². The second-order valence-corrected chi connectivity index (χ2v) is 8.49. The van der Waals surface area contributed by atoms with Crippen LogP contribution >= 0.6 is 22.7 Å². The Morgan fingerprint density at radius 1 is 0.591 bits per heavy atom. The molecule has 0 aliphatic heterocycles. The van der Waals surface area contributed by atoms with E-state index < -0.39 is 0 Å². The Morgan fingerprint density at radius 2 is 1.05 bits per heavy atom. The van der Waals surface area contributed by atoms with Crippen molar-refractivity contribution in [3.63, 3.8) is 0 Å². The summed E-state index contributed by atoms with van der Waals surface area (Å²) in [7, 11) is 0. The smallest absolute Gasteiger partial charge is 0.0445 e. The molecule has 0 N–H and O–H groups in total. The van der Waals surface area contributed by atoms with Crippen LogP contribution in [0, 0.1) is 0 Å². The molecule has 0 unspecified atom stereocenters. The Labute approximate surface area is 144 Å². The zero-order chi connectivity index (χ0) is 15.6. The molecule has 0 radical (unpaired) electrons. The second-order valence-electron chi connectivity index (χ2n) is 6.15. The summed E-state index contributed by atoms with van der Waals surface area (Å²) in [4.78, 5) is 6.05. The van der Waals surface area contributed by atoms with E-state index in [9.17, 15) is 0 Å². The first-order valence-electron chi connectivity index (χ1n) is 9.01. The highest BCUT2D eigenvalue weighted by Gasteiger charge is 2.06. The molecule has 2 heterocycles. The van der Waals surface area contributed by atoms with Crippen LogP contribution in [0.1, 0.15) is 75.0 Å². The summed E-state index contributed by atoms with van der Waals surface area (Å²) in [6.45, 7) is 4.56. The summed E-state index contributed by atoms with van der Waals surface area (Å²) in [5.74, 6) is 0. The molecule has 0 atom stereocenters. The van der Waals surface area contributed by atoms with Gasteiger partial charge in [-0.3, -0.25) is 0 Å². The van der Waals surface area contributed by atoms with Gasteiger partial charge in [0.2, 0.25) is 0 Å². The fourth-order valence-corrected chi connectivity index (χ4v) is 4.93.